The number of hydrogen-bond donors (Lipinski definition) is 2. The number of nitrogens with one attached hydrogen (secondary N) is 2. The maximum atomic E-state index is 15.2. The summed E-state index contributed by atoms with van der Waals surface area (Å²) in [6.45, 7) is 0.00488. The van der Waals surface area contributed by atoms with Gasteiger partial charge >= 0.3 is 0 Å². The number of likely N-dealkylation sites (tertiary alicyclic amines) is 1. The highest BCUT2D eigenvalue weighted by Crippen LogP contribution is 2.90. The van der Waals surface area contributed by atoms with Crippen LogP contribution in [0.4, 0.5) is 24.5 Å². The largest absolute Gasteiger partial charge is 0.341 e. The second kappa shape index (κ2) is 8.03. The molecule has 2 aromatic rings. The van der Waals surface area contributed by atoms with Crippen LogP contribution in [0, 0.1) is 65.0 Å². The Morgan fingerprint density at radius 1 is 0.977 bits per heavy atom. The summed E-state index contributed by atoms with van der Waals surface area (Å²) in [5.41, 5.74) is 0.586. The molecule has 9 atom stereocenters. The summed E-state index contributed by atoms with van der Waals surface area (Å²) in [5, 5.41) is 2.83. The molecule has 2 heterocycles. The van der Waals surface area contributed by atoms with Crippen molar-refractivity contribution in [1.82, 2.24) is 4.90 Å². The number of Topliss-reactive ketones (excluding diaryl/α,β-unsaturated/α-hetero) is 1. The summed E-state index contributed by atoms with van der Waals surface area (Å²) in [6, 6.07) is 8.69. The van der Waals surface area contributed by atoms with Gasteiger partial charge in [-0.3, -0.25) is 14.3 Å². The molecule has 15 heteroatoms. The number of hydrogen-bond acceptors (Lipinski definition) is 7. The first-order valence-corrected chi connectivity index (χ1v) is 17.7. The number of carbonyl (C=O) groups is 2. The van der Waals surface area contributed by atoms with Crippen molar-refractivity contribution >= 4 is 48.9 Å². The minimum absolute atomic E-state index is 0.00488. The van der Waals surface area contributed by atoms with Crippen LogP contribution in [0.15, 0.2) is 51.8 Å². The summed E-state index contributed by atoms with van der Waals surface area (Å²) in [6.07, 6.45) is 0.914. The van der Waals surface area contributed by atoms with Gasteiger partial charge in [0.05, 0.1) is 11.9 Å². The Morgan fingerprint density at radius 2 is 1.61 bits per heavy atom. The average molecular weight is 647 g/mol. The van der Waals surface area contributed by atoms with Crippen molar-refractivity contribution in [2.75, 3.05) is 16.3 Å². The van der Waals surface area contributed by atoms with E-state index in [0.717, 1.165) is 12.3 Å². The van der Waals surface area contributed by atoms with Crippen molar-refractivity contribution in [1.29, 1.82) is 0 Å². The van der Waals surface area contributed by atoms with Gasteiger partial charge in [0.25, 0.3) is 15.9 Å². The first-order chi connectivity index (χ1) is 20.7. The highest BCUT2D eigenvalue weighted by atomic mass is 32.2. The van der Waals surface area contributed by atoms with Gasteiger partial charge in [0.2, 0.25) is 15.9 Å². The molecule has 230 valence electrons. The Bertz CT molecular complexity index is 1940. The minimum Gasteiger partial charge on any atom is -0.341 e. The lowest BCUT2D eigenvalue weighted by atomic mass is 9.57. The van der Waals surface area contributed by atoms with Crippen LogP contribution in [0.2, 0.25) is 0 Å². The zero-order chi connectivity index (χ0) is 30.8. The first-order valence-electron chi connectivity index (χ1n) is 14.4. The molecule has 0 radical (unpaired) electrons. The van der Waals surface area contributed by atoms with E-state index in [-0.39, 0.29) is 64.2 Å². The number of rotatable bonds is 5. The number of fused-ring (bicyclic) bond motifs is 1. The summed E-state index contributed by atoms with van der Waals surface area (Å²) in [5.74, 6) is -10.4. The van der Waals surface area contributed by atoms with Gasteiger partial charge in [-0.1, -0.05) is 12.1 Å². The third-order valence-electron chi connectivity index (χ3n) is 11.2. The van der Waals surface area contributed by atoms with Crippen LogP contribution >= 0.6 is 0 Å². The van der Waals surface area contributed by atoms with Crippen LogP contribution < -0.4 is 10.0 Å². The van der Waals surface area contributed by atoms with Crippen molar-refractivity contribution in [3.63, 3.8) is 0 Å². The molecule has 1 amide bonds. The van der Waals surface area contributed by atoms with Gasteiger partial charge in [0, 0.05) is 36.0 Å². The lowest BCUT2D eigenvalue weighted by molar-refractivity contribution is -0.163. The molecule has 44 heavy (non-hydrogen) atoms. The highest BCUT2D eigenvalue weighted by molar-refractivity contribution is 7.92. The molecule has 10 nitrogen and oxygen atoms in total. The number of benzene rings is 2. The van der Waals surface area contributed by atoms with E-state index in [9.17, 15) is 30.8 Å². The molecule has 0 spiro atoms. The quantitative estimate of drug-likeness (QED) is 0.476. The molecule has 8 fully saturated rings. The van der Waals surface area contributed by atoms with E-state index >= 15 is 8.78 Å². The Morgan fingerprint density at radius 3 is 2.25 bits per heavy atom. The number of carbonyl (C=O) groups excluding carboxylic acids is 2. The van der Waals surface area contributed by atoms with Crippen molar-refractivity contribution in [2.45, 2.75) is 23.4 Å². The molecule has 1 saturated heterocycles. The summed E-state index contributed by atoms with van der Waals surface area (Å²) < 4.78 is 100. The standard InChI is InChI=1S/C29H25F3N4O6S2/c1-43(39,40)34-12-6-7-13-14(8-12)44(41,42)35-27(33-13)22-26(37)21-15-16-18-20(19-17(15)24(19)29(31,32)23(16)18)25(21)36(28(22)38)9-10-2-4-11(30)5-3-10/h2-8,15-25,34H,9H2,1H3,(H,33,35)/t15?,16?,17?,18?,19?,20?,21-,22?,23?,24?,25+/m1/s1. The second-order valence-electron chi connectivity index (χ2n) is 13.3. The highest BCUT2D eigenvalue weighted by Gasteiger charge is 2.94. The molecule has 9 aliphatic rings. The number of sulfonamides is 2. The monoisotopic (exact) mass is 646 g/mol. The molecule has 2 aliphatic heterocycles. The topological polar surface area (TPSA) is 142 Å². The Labute approximate surface area is 250 Å². The Balaban J connectivity index is 1.12. The fraction of sp³-hybridized carbons (Fsp3) is 0.483. The fourth-order valence-electron chi connectivity index (χ4n) is 10.1. The van der Waals surface area contributed by atoms with E-state index < -0.39 is 73.2 Å². The van der Waals surface area contributed by atoms with Gasteiger partial charge in [-0.15, -0.1) is 4.40 Å². The van der Waals surface area contributed by atoms with E-state index in [0.29, 0.717) is 5.56 Å². The zero-order valence-electron chi connectivity index (χ0n) is 22.9. The number of halogens is 3. The minimum atomic E-state index is -4.48. The van der Waals surface area contributed by atoms with E-state index in [1.807, 2.05) is 0 Å². The van der Waals surface area contributed by atoms with E-state index in [4.69, 9.17) is 0 Å². The van der Waals surface area contributed by atoms with E-state index in [1.54, 1.807) is 0 Å². The Kier molecular flexibility index (Phi) is 4.91. The van der Waals surface area contributed by atoms with E-state index in [2.05, 4.69) is 14.4 Å². The number of nitrogens with zero attached hydrogens (tertiary/aromatic N) is 2. The molecule has 0 aromatic heterocycles. The van der Waals surface area contributed by atoms with Crippen molar-refractivity contribution in [3.8, 4) is 0 Å². The molecule has 7 unspecified atom stereocenters. The van der Waals surface area contributed by atoms with Crippen LogP contribution in [0.1, 0.15) is 5.56 Å². The number of amides is 1. The summed E-state index contributed by atoms with van der Waals surface area (Å²) >= 11 is 0. The fourth-order valence-corrected chi connectivity index (χ4v) is 11.8. The second-order valence-corrected chi connectivity index (χ2v) is 16.6. The van der Waals surface area contributed by atoms with Crippen LogP contribution in [-0.2, 0) is 36.2 Å². The van der Waals surface area contributed by atoms with E-state index in [1.165, 1.54) is 41.3 Å². The van der Waals surface area contributed by atoms with Gasteiger partial charge in [-0.2, -0.15) is 8.42 Å². The van der Waals surface area contributed by atoms with Crippen LogP contribution in [0.25, 0.3) is 0 Å². The zero-order valence-corrected chi connectivity index (χ0v) is 24.5. The maximum Gasteiger partial charge on any atom is 0.286 e. The smallest absolute Gasteiger partial charge is 0.286 e. The van der Waals surface area contributed by atoms with Gasteiger partial charge in [0.1, 0.15) is 16.5 Å². The summed E-state index contributed by atoms with van der Waals surface area (Å²) in [4.78, 5) is 29.9. The van der Waals surface area contributed by atoms with Gasteiger partial charge in [-0.05, 0) is 71.4 Å². The number of alkyl halides is 2. The molecular weight excluding hydrogens is 621 g/mol. The molecule has 2 N–H and O–H groups in total. The van der Waals surface area contributed by atoms with Gasteiger partial charge in [-0.25, -0.2) is 21.6 Å². The molecule has 8 bridgehead atoms. The van der Waals surface area contributed by atoms with Gasteiger partial charge in [0.15, 0.2) is 11.7 Å². The van der Waals surface area contributed by atoms with Crippen molar-refractivity contribution in [3.05, 3.63) is 53.8 Å². The molecule has 11 rings (SSSR count). The van der Waals surface area contributed by atoms with Crippen LogP contribution in [0.3, 0.4) is 0 Å². The molecule has 7 saturated carbocycles. The summed E-state index contributed by atoms with van der Waals surface area (Å²) in [7, 11) is -8.19. The number of anilines is 2. The first kappa shape index (κ1) is 26.9. The lowest BCUT2D eigenvalue weighted by Crippen LogP contribution is -2.67. The third kappa shape index (κ3) is 3.34. The van der Waals surface area contributed by atoms with Crippen LogP contribution in [0.5, 0.6) is 0 Å². The predicted octanol–water partition coefficient (Wildman–Crippen LogP) is 2.56. The van der Waals surface area contributed by atoms with Crippen LogP contribution in [-0.4, -0.2) is 57.5 Å². The van der Waals surface area contributed by atoms with Crippen molar-refractivity contribution in [2.24, 2.45) is 63.6 Å². The van der Waals surface area contributed by atoms with Crippen molar-refractivity contribution < 1.29 is 39.6 Å². The van der Waals surface area contributed by atoms with Gasteiger partial charge < -0.3 is 10.2 Å². The molecule has 7 aliphatic carbocycles. The SMILES string of the molecule is CS(=O)(=O)Nc1ccc2c(c1)S(=O)(=O)N=C(C1C(=O)[C@@H]3C4C5C6C(C7C4C7C(F)(F)C56)[C@@H]3N(Cc3ccc(F)cc3)C1=O)N2. The molecular formula is C29H25F3N4O6S2. The average Bonchev–Trinajstić information content (AvgIpc) is 3.84. The third-order valence-corrected chi connectivity index (χ3v) is 13.1. The number of piperidine rings is 1. The molecule has 2 aromatic carbocycles. The Hall–Kier alpha value is -3.46. The number of ketones is 1. The predicted molar refractivity (Wildman–Crippen MR) is 149 cm³/mol. The lowest BCUT2D eigenvalue weighted by Gasteiger charge is -2.55. The maximum absolute atomic E-state index is 15.2. The number of amidine groups is 1. The normalized spacial score (nSPS) is 40.8.